The molecule has 7 heteroatoms. The highest BCUT2D eigenvalue weighted by molar-refractivity contribution is 5.70. The number of rotatable bonds is 4. The molecular weight excluding hydrogens is 360 g/mol. The zero-order chi connectivity index (χ0) is 19.0. The average Bonchev–Trinajstić information content (AvgIpc) is 2.62. The Morgan fingerprint density at radius 2 is 1.27 bits per heavy atom. The molecule has 2 aromatic carbocycles. The van der Waals surface area contributed by atoms with Crippen molar-refractivity contribution in [1.82, 2.24) is 0 Å². The highest BCUT2D eigenvalue weighted by Gasteiger charge is 2.16. The van der Waals surface area contributed by atoms with Crippen molar-refractivity contribution < 1.29 is 38.0 Å². The largest absolute Gasteiger partial charge is 0.519 e. The molecule has 0 spiro atoms. The van der Waals surface area contributed by atoms with Crippen LogP contribution in [0.2, 0.25) is 0 Å². The van der Waals surface area contributed by atoms with Crippen molar-refractivity contribution in [3.05, 3.63) is 72.8 Å². The summed E-state index contributed by atoms with van der Waals surface area (Å²) in [5, 5.41) is 0. The lowest BCUT2D eigenvalue weighted by atomic mass is 10.0. The number of halogens is 1. The van der Waals surface area contributed by atoms with E-state index in [-0.39, 0.29) is 0 Å². The monoisotopic (exact) mass is 376 g/mol. The quantitative estimate of drug-likeness (QED) is 0.614. The molecule has 1 aromatic heterocycles. The van der Waals surface area contributed by atoms with E-state index in [1.165, 1.54) is 0 Å². The summed E-state index contributed by atoms with van der Waals surface area (Å²) in [5.41, 5.74) is 3.27. The Hall–Kier alpha value is -2.48. The zero-order valence-electron chi connectivity index (χ0n) is 14.0. The molecule has 3 aromatic rings. The van der Waals surface area contributed by atoms with Gasteiger partial charge in [0.05, 0.1) is 6.07 Å². The van der Waals surface area contributed by atoms with Crippen LogP contribution in [-0.4, -0.2) is 6.61 Å². The molecule has 6 nitrogen and oxygen atoms in total. The average molecular weight is 377 g/mol. The summed E-state index contributed by atoms with van der Waals surface area (Å²) in [6, 6.07) is 24.3. The van der Waals surface area contributed by atoms with E-state index in [2.05, 4.69) is 12.1 Å². The van der Waals surface area contributed by atoms with Gasteiger partial charge in [-0.3, -0.25) is 4.42 Å². The summed E-state index contributed by atoms with van der Waals surface area (Å²) in [6.07, 6.45) is 0. The second kappa shape index (κ2) is 9.28. The maximum atomic E-state index is 8.49. The first kappa shape index (κ1) is 19.8. The third-order valence-electron chi connectivity index (χ3n) is 3.22. The van der Waals surface area contributed by atoms with Crippen LogP contribution in [0.5, 0.6) is 5.95 Å². The van der Waals surface area contributed by atoms with Crippen molar-refractivity contribution in [1.29, 1.82) is 0 Å². The predicted octanol–water partition coefficient (Wildman–Crippen LogP) is 0.537. The molecule has 26 heavy (non-hydrogen) atoms. The SMILES string of the molecule is CCOc1cc(-c2ccccc2)cc(-c2ccccc2)[o+]1.[O-][Cl+3]([O-])([O-])[O-]. The van der Waals surface area contributed by atoms with Gasteiger partial charge in [-0.05, 0) is 24.6 Å². The number of hydrogen-bond donors (Lipinski definition) is 0. The van der Waals surface area contributed by atoms with Gasteiger partial charge in [-0.2, -0.15) is 0 Å². The number of ether oxygens (including phenoxy) is 1. The second-order valence-corrected chi connectivity index (χ2v) is 5.83. The minimum absolute atomic E-state index is 0.540. The highest BCUT2D eigenvalue weighted by Crippen LogP contribution is 2.31. The summed E-state index contributed by atoms with van der Waals surface area (Å²) in [5.74, 6) is 1.35. The summed E-state index contributed by atoms with van der Waals surface area (Å²) in [6.45, 7) is 2.53. The Morgan fingerprint density at radius 3 is 1.77 bits per heavy atom. The third-order valence-corrected chi connectivity index (χ3v) is 3.22. The smallest absolute Gasteiger partial charge is 0.318 e. The van der Waals surface area contributed by atoms with Crippen LogP contribution in [0.1, 0.15) is 6.92 Å². The molecule has 0 amide bonds. The maximum Gasteiger partial charge on any atom is 0.519 e. The van der Waals surface area contributed by atoms with Crippen LogP contribution in [0, 0.1) is 10.2 Å². The molecule has 0 unspecified atom stereocenters. The fourth-order valence-corrected chi connectivity index (χ4v) is 2.23. The Labute approximate surface area is 153 Å². The van der Waals surface area contributed by atoms with Crippen molar-refractivity contribution in [2.45, 2.75) is 6.92 Å². The van der Waals surface area contributed by atoms with Gasteiger partial charge < -0.3 is 4.74 Å². The Morgan fingerprint density at radius 1 is 0.769 bits per heavy atom. The van der Waals surface area contributed by atoms with Crippen molar-refractivity contribution in [3.8, 4) is 28.4 Å². The summed E-state index contributed by atoms with van der Waals surface area (Å²) in [7, 11) is -4.94. The van der Waals surface area contributed by atoms with Crippen LogP contribution in [0.3, 0.4) is 0 Å². The fraction of sp³-hybridized carbons (Fsp3) is 0.105. The third kappa shape index (κ3) is 6.79. The minimum atomic E-state index is -4.94. The van der Waals surface area contributed by atoms with Crippen LogP contribution >= 0.6 is 0 Å². The van der Waals surface area contributed by atoms with E-state index < -0.39 is 10.2 Å². The Kier molecular flexibility index (Phi) is 7.08. The molecule has 0 aliphatic heterocycles. The molecule has 0 N–H and O–H groups in total. The van der Waals surface area contributed by atoms with Gasteiger partial charge in [-0.1, -0.05) is 48.5 Å². The van der Waals surface area contributed by atoms with Crippen LogP contribution in [0.25, 0.3) is 22.5 Å². The molecule has 0 bridgehead atoms. The molecule has 0 fully saturated rings. The van der Waals surface area contributed by atoms with Gasteiger partial charge in [0, 0.05) is 17.2 Å². The summed E-state index contributed by atoms with van der Waals surface area (Å²) in [4.78, 5) is 0. The van der Waals surface area contributed by atoms with E-state index in [0.717, 1.165) is 22.5 Å². The first-order valence-corrected chi connectivity index (χ1v) is 8.94. The van der Waals surface area contributed by atoms with E-state index >= 15 is 0 Å². The van der Waals surface area contributed by atoms with E-state index in [0.29, 0.717) is 12.6 Å². The van der Waals surface area contributed by atoms with Crippen LogP contribution in [-0.2, 0) is 0 Å². The van der Waals surface area contributed by atoms with Crippen molar-refractivity contribution in [3.63, 3.8) is 0 Å². The summed E-state index contributed by atoms with van der Waals surface area (Å²) >= 11 is 0. The lowest BCUT2D eigenvalue weighted by Crippen LogP contribution is -2.68. The molecule has 0 atom stereocenters. The standard InChI is InChI=1S/C19H17O2.ClHO4/c1-2-20-19-14-17(15-9-5-3-6-10-15)13-18(21-19)16-11-7-4-8-12-16;2-1(3,4)5/h3-14H,2H2,1H3;(H,2,3,4,5)/q+1;/p-1. The minimum Gasteiger partial charge on any atom is -0.318 e. The van der Waals surface area contributed by atoms with Crippen LogP contribution < -0.4 is 23.4 Å². The predicted molar refractivity (Wildman–Crippen MR) is 85.2 cm³/mol. The first-order valence-electron chi connectivity index (χ1n) is 7.70. The molecule has 136 valence electrons. The molecule has 0 saturated heterocycles. The Bertz CT molecular complexity index is 740. The van der Waals surface area contributed by atoms with Crippen molar-refractivity contribution in [2.24, 2.45) is 0 Å². The molecule has 0 aliphatic carbocycles. The van der Waals surface area contributed by atoms with E-state index in [1.807, 2.05) is 67.6 Å². The molecular formula is C19H17ClO6. The van der Waals surface area contributed by atoms with Crippen molar-refractivity contribution in [2.75, 3.05) is 6.61 Å². The zero-order valence-corrected chi connectivity index (χ0v) is 14.7. The van der Waals surface area contributed by atoms with Gasteiger partial charge in [-0.15, -0.1) is 10.2 Å². The highest BCUT2D eigenvalue weighted by atomic mass is 35.7. The fourth-order valence-electron chi connectivity index (χ4n) is 2.23. The van der Waals surface area contributed by atoms with Crippen LogP contribution in [0.4, 0.5) is 0 Å². The van der Waals surface area contributed by atoms with Crippen molar-refractivity contribution >= 4 is 0 Å². The van der Waals surface area contributed by atoms with Gasteiger partial charge in [0.1, 0.15) is 0 Å². The second-order valence-electron chi connectivity index (χ2n) is 5.07. The van der Waals surface area contributed by atoms with Gasteiger partial charge in [0.15, 0.2) is 6.61 Å². The Balaban J connectivity index is 0.000000431. The number of benzene rings is 2. The summed E-state index contributed by atoms with van der Waals surface area (Å²) < 4.78 is 45.4. The van der Waals surface area contributed by atoms with Gasteiger partial charge >= 0.3 is 5.95 Å². The molecule has 1 heterocycles. The van der Waals surface area contributed by atoms with Gasteiger partial charge in [0.2, 0.25) is 0 Å². The van der Waals surface area contributed by atoms with E-state index in [4.69, 9.17) is 27.8 Å². The number of hydrogen-bond acceptors (Lipinski definition) is 5. The normalized spacial score (nSPS) is 10.7. The lowest BCUT2D eigenvalue weighted by molar-refractivity contribution is -2.00. The maximum absolute atomic E-state index is 8.49. The van der Waals surface area contributed by atoms with Gasteiger partial charge in [-0.25, -0.2) is 18.6 Å². The lowest BCUT2D eigenvalue weighted by Gasteiger charge is -2.17. The molecule has 0 saturated carbocycles. The van der Waals surface area contributed by atoms with Crippen LogP contribution in [0.15, 0.2) is 77.2 Å². The van der Waals surface area contributed by atoms with Gasteiger partial charge in [0.25, 0.3) is 5.76 Å². The molecule has 0 aliphatic rings. The first-order chi connectivity index (χ1) is 12.4. The molecule has 0 radical (unpaired) electrons. The van der Waals surface area contributed by atoms with E-state index in [1.54, 1.807) is 0 Å². The van der Waals surface area contributed by atoms with E-state index in [9.17, 15) is 0 Å². The molecule has 3 rings (SSSR count). The topological polar surface area (TPSA) is 113 Å².